The number of halogens is 1. The summed E-state index contributed by atoms with van der Waals surface area (Å²) in [6.07, 6.45) is 2.10. The summed E-state index contributed by atoms with van der Waals surface area (Å²) in [6.45, 7) is 5.45. The second-order valence-electron chi connectivity index (χ2n) is 6.46. The third-order valence-electron chi connectivity index (χ3n) is 4.55. The fraction of sp³-hybridized carbons (Fsp3) is 0.444. The van der Waals surface area contributed by atoms with Gasteiger partial charge >= 0.3 is 0 Å². The lowest BCUT2D eigenvalue weighted by Gasteiger charge is -2.34. The second kappa shape index (κ2) is 7.21. The van der Waals surface area contributed by atoms with E-state index < -0.39 is 0 Å². The highest BCUT2D eigenvalue weighted by atomic mass is 35.5. The Hall–Kier alpha value is -1.43. The first-order chi connectivity index (χ1) is 11.5. The zero-order chi connectivity index (χ0) is 17.3. The maximum Gasteiger partial charge on any atom is 0.265 e. The Labute approximate surface area is 151 Å². The van der Waals surface area contributed by atoms with Crippen molar-refractivity contribution in [2.24, 2.45) is 11.7 Å². The number of carbonyl (C=O) groups excluding carboxylic acids is 1. The normalized spacial score (nSPS) is 19.3. The molecule has 2 aromatic rings. The van der Waals surface area contributed by atoms with E-state index in [1.54, 1.807) is 0 Å². The molecule has 3 rings (SSSR count). The lowest BCUT2D eigenvalue weighted by Crippen LogP contribution is -2.45. The average Bonchev–Trinajstić information content (AvgIpc) is 2.96. The number of rotatable bonds is 3. The number of aromatic nitrogens is 1. The molecule has 128 valence electrons. The number of benzene rings is 1. The summed E-state index contributed by atoms with van der Waals surface area (Å²) in [6, 6.07) is 7.69. The number of carbonyl (C=O) groups is 1. The van der Waals surface area contributed by atoms with Crippen molar-refractivity contribution in [2.45, 2.75) is 32.7 Å². The van der Waals surface area contributed by atoms with E-state index in [1.807, 2.05) is 43.0 Å². The largest absolute Gasteiger partial charge is 0.338 e. The topological polar surface area (TPSA) is 59.2 Å². The van der Waals surface area contributed by atoms with Crippen LogP contribution in [0.4, 0.5) is 0 Å². The van der Waals surface area contributed by atoms with Crippen LogP contribution in [0, 0.1) is 12.8 Å². The van der Waals surface area contributed by atoms with Crippen molar-refractivity contribution in [1.82, 2.24) is 9.88 Å². The quantitative estimate of drug-likeness (QED) is 0.897. The number of aryl methyl sites for hydroxylation is 1. The van der Waals surface area contributed by atoms with E-state index in [-0.39, 0.29) is 11.9 Å². The van der Waals surface area contributed by atoms with Crippen molar-refractivity contribution in [2.75, 3.05) is 13.1 Å². The second-order valence-corrected chi connectivity index (χ2v) is 7.89. The van der Waals surface area contributed by atoms with Crippen molar-refractivity contribution >= 4 is 28.8 Å². The van der Waals surface area contributed by atoms with E-state index in [0.29, 0.717) is 10.9 Å². The molecule has 1 aromatic carbocycles. The summed E-state index contributed by atoms with van der Waals surface area (Å²) in [4.78, 5) is 20.2. The van der Waals surface area contributed by atoms with Gasteiger partial charge in [0.2, 0.25) is 0 Å². The van der Waals surface area contributed by atoms with Gasteiger partial charge in [0.15, 0.2) is 0 Å². The van der Waals surface area contributed by atoms with Gasteiger partial charge in [-0.1, -0.05) is 23.7 Å². The molecule has 1 amide bonds. The molecule has 1 aliphatic rings. The van der Waals surface area contributed by atoms with Gasteiger partial charge in [0.25, 0.3) is 5.91 Å². The molecule has 4 nitrogen and oxygen atoms in total. The van der Waals surface area contributed by atoms with E-state index in [9.17, 15) is 4.79 Å². The molecule has 1 fully saturated rings. The first-order valence-electron chi connectivity index (χ1n) is 8.24. The van der Waals surface area contributed by atoms with Gasteiger partial charge in [0, 0.05) is 29.7 Å². The molecule has 2 N–H and O–H groups in total. The minimum Gasteiger partial charge on any atom is -0.338 e. The zero-order valence-corrected chi connectivity index (χ0v) is 15.5. The first kappa shape index (κ1) is 17.4. The monoisotopic (exact) mass is 363 g/mol. The number of thiazole rings is 1. The molecule has 2 heterocycles. The highest BCUT2D eigenvalue weighted by Gasteiger charge is 2.28. The van der Waals surface area contributed by atoms with Crippen molar-refractivity contribution in [3.8, 4) is 10.6 Å². The van der Waals surface area contributed by atoms with Crippen LogP contribution in [0.1, 0.15) is 35.1 Å². The molecule has 0 saturated carbocycles. The smallest absolute Gasteiger partial charge is 0.265 e. The minimum atomic E-state index is 0.0728. The SMILES string of the molecule is Cc1nc(-c2cccc(Cl)c2)sc1C(=O)N1CCCC(C(C)N)C1. The Morgan fingerprint density at radius 1 is 1.50 bits per heavy atom. The number of nitrogens with zero attached hydrogens (tertiary/aromatic N) is 2. The number of amides is 1. The fourth-order valence-corrected chi connectivity index (χ4v) is 4.33. The average molecular weight is 364 g/mol. The number of hydrogen-bond acceptors (Lipinski definition) is 4. The molecule has 1 saturated heterocycles. The number of likely N-dealkylation sites (tertiary alicyclic amines) is 1. The Kier molecular flexibility index (Phi) is 5.23. The van der Waals surface area contributed by atoms with Gasteiger partial charge in [0.1, 0.15) is 9.88 Å². The van der Waals surface area contributed by atoms with Gasteiger partial charge in [-0.25, -0.2) is 4.98 Å². The maximum atomic E-state index is 12.9. The van der Waals surface area contributed by atoms with E-state index in [2.05, 4.69) is 4.98 Å². The van der Waals surface area contributed by atoms with Crippen LogP contribution in [0.5, 0.6) is 0 Å². The van der Waals surface area contributed by atoms with Gasteiger partial charge < -0.3 is 10.6 Å². The molecule has 2 unspecified atom stereocenters. The van der Waals surface area contributed by atoms with E-state index in [1.165, 1.54) is 11.3 Å². The van der Waals surface area contributed by atoms with Gasteiger partial charge in [-0.3, -0.25) is 4.79 Å². The van der Waals surface area contributed by atoms with Crippen molar-refractivity contribution < 1.29 is 4.79 Å². The van der Waals surface area contributed by atoms with Crippen LogP contribution in [0.2, 0.25) is 5.02 Å². The molecule has 0 spiro atoms. The molecular formula is C18H22ClN3OS. The van der Waals surface area contributed by atoms with Crippen molar-refractivity contribution in [3.05, 3.63) is 39.9 Å². The van der Waals surface area contributed by atoms with E-state index in [0.717, 1.165) is 47.1 Å². The summed E-state index contributed by atoms with van der Waals surface area (Å²) in [7, 11) is 0. The zero-order valence-electron chi connectivity index (χ0n) is 14.0. The minimum absolute atomic E-state index is 0.0728. The van der Waals surface area contributed by atoms with Crippen LogP contribution in [-0.4, -0.2) is 34.9 Å². The Morgan fingerprint density at radius 2 is 2.29 bits per heavy atom. The van der Waals surface area contributed by atoms with Crippen molar-refractivity contribution in [3.63, 3.8) is 0 Å². The Morgan fingerprint density at radius 3 is 3.00 bits per heavy atom. The molecule has 0 radical (unpaired) electrons. The molecule has 0 bridgehead atoms. The highest BCUT2D eigenvalue weighted by molar-refractivity contribution is 7.17. The molecule has 24 heavy (non-hydrogen) atoms. The van der Waals surface area contributed by atoms with Crippen LogP contribution in [0.15, 0.2) is 24.3 Å². The first-order valence-corrected chi connectivity index (χ1v) is 9.43. The predicted molar refractivity (Wildman–Crippen MR) is 99.6 cm³/mol. The van der Waals surface area contributed by atoms with E-state index in [4.69, 9.17) is 17.3 Å². The molecule has 1 aliphatic heterocycles. The molecule has 1 aromatic heterocycles. The summed E-state index contributed by atoms with van der Waals surface area (Å²) in [5.74, 6) is 0.451. The van der Waals surface area contributed by atoms with Crippen LogP contribution in [0.3, 0.4) is 0 Å². The third kappa shape index (κ3) is 3.63. The predicted octanol–water partition coefficient (Wildman–Crippen LogP) is 3.97. The summed E-state index contributed by atoms with van der Waals surface area (Å²) in [5.41, 5.74) is 7.76. The molecule has 2 atom stereocenters. The number of piperidine rings is 1. The summed E-state index contributed by atoms with van der Waals surface area (Å²) >= 11 is 7.50. The highest BCUT2D eigenvalue weighted by Crippen LogP contribution is 2.31. The summed E-state index contributed by atoms with van der Waals surface area (Å²) in [5, 5.41) is 1.50. The van der Waals surface area contributed by atoms with Gasteiger partial charge in [-0.2, -0.15) is 0 Å². The number of nitrogens with two attached hydrogens (primary N) is 1. The van der Waals surface area contributed by atoms with Gasteiger partial charge in [-0.15, -0.1) is 11.3 Å². The Balaban J connectivity index is 1.83. The fourth-order valence-electron chi connectivity index (χ4n) is 3.11. The molecule has 0 aliphatic carbocycles. The Bertz CT molecular complexity index is 744. The van der Waals surface area contributed by atoms with Crippen LogP contribution in [0.25, 0.3) is 10.6 Å². The van der Waals surface area contributed by atoms with Gasteiger partial charge in [-0.05, 0) is 44.7 Å². The molecule has 6 heteroatoms. The van der Waals surface area contributed by atoms with Crippen LogP contribution >= 0.6 is 22.9 Å². The van der Waals surface area contributed by atoms with E-state index >= 15 is 0 Å². The standard InChI is InChI=1S/C18H22ClN3OS/c1-11(20)14-6-4-8-22(10-14)18(23)16-12(2)21-17(24-16)13-5-3-7-15(19)9-13/h3,5,7,9,11,14H,4,6,8,10,20H2,1-2H3. The van der Waals surface area contributed by atoms with Gasteiger partial charge in [0.05, 0.1) is 5.69 Å². The lowest BCUT2D eigenvalue weighted by atomic mass is 9.92. The number of hydrogen-bond donors (Lipinski definition) is 1. The molecular weight excluding hydrogens is 342 g/mol. The lowest BCUT2D eigenvalue weighted by molar-refractivity contribution is 0.0665. The van der Waals surface area contributed by atoms with Crippen LogP contribution in [-0.2, 0) is 0 Å². The van der Waals surface area contributed by atoms with Crippen molar-refractivity contribution in [1.29, 1.82) is 0 Å². The third-order valence-corrected chi connectivity index (χ3v) is 5.98. The maximum absolute atomic E-state index is 12.9. The summed E-state index contributed by atoms with van der Waals surface area (Å²) < 4.78 is 0. The van der Waals surface area contributed by atoms with Crippen LogP contribution < -0.4 is 5.73 Å².